The quantitative estimate of drug-likeness (QED) is 0.539. The fraction of sp³-hybridized carbons (Fsp3) is 0.130. The summed E-state index contributed by atoms with van der Waals surface area (Å²) in [6, 6.07) is 22.5. The minimum absolute atomic E-state index is 0.113. The molecular weight excluding hydrogens is 336 g/mol. The SMILES string of the molecule is CCc1ccccc1N/N=C(/c1ccc(C)cc1)c1ccccc1C(=O)[O-]. The van der Waals surface area contributed by atoms with E-state index in [-0.39, 0.29) is 5.56 Å². The molecule has 3 rings (SSSR count). The molecule has 0 fully saturated rings. The van der Waals surface area contributed by atoms with Crippen molar-refractivity contribution < 1.29 is 9.90 Å². The predicted molar refractivity (Wildman–Crippen MR) is 107 cm³/mol. The number of carboxylic acid groups (broad SMARTS) is 1. The molecule has 3 aromatic rings. The van der Waals surface area contributed by atoms with Gasteiger partial charge in [-0.3, -0.25) is 5.43 Å². The molecule has 0 spiro atoms. The summed E-state index contributed by atoms with van der Waals surface area (Å²) in [5, 5.41) is 16.2. The largest absolute Gasteiger partial charge is 0.545 e. The zero-order valence-electron chi connectivity index (χ0n) is 15.4. The number of carbonyl (C=O) groups is 1. The highest BCUT2D eigenvalue weighted by atomic mass is 16.4. The lowest BCUT2D eigenvalue weighted by atomic mass is 9.97. The van der Waals surface area contributed by atoms with Crippen molar-refractivity contribution in [2.24, 2.45) is 5.10 Å². The molecule has 0 unspecified atom stereocenters. The van der Waals surface area contributed by atoms with Gasteiger partial charge in [-0.2, -0.15) is 5.10 Å². The lowest BCUT2D eigenvalue weighted by molar-refractivity contribution is -0.255. The smallest absolute Gasteiger partial charge is 0.0984 e. The average molecular weight is 357 g/mol. The highest BCUT2D eigenvalue weighted by Gasteiger charge is 2.13. The van der Waals surface area contributed by atoms with Crippen molar-refractivity contribution in [3.05, 3.63) is 101 Å². The van der Waals surface area contributed by atoms with Crippen LogP contribution in [0.2, 0.25) is 0 Å². The second-order valence-corrected chi connectivity index (χ2v) is 6.28. The molecule has 0 amide bonds. The van der Waals surface area contributed by atoms with E-state index in [9.17, 15) is 9.90 Å². The first-order valence-electron chi connectivity index (χ1n) is 8.89. The second-order valence-electron chi connectivity index (χ2n) is 6.28. The van der Waals surface area contributed by atoms with Gasteiger partial charge in [0.2, 0.25) is 0 Å². The molecule has 0 radical (unpaired) electrons. The number of benzene rings is 3. The van der Waals surface area contributed by atoms with Crippen LogP contribution in [0.15, 0.2) is 77.9 Å². The molecule has 136 valence electrons. The number of para-hydroxylation sites is 1. The molecule has 27 heavy (non-hydrogen) atoms. The number of hydrazone groups is 1. The van der Waals surface area contributed by atoms with Crippen LogP contribution >= 0.6 is 0 Å². The number of hydrogen-bond acceptors (Lipinski definition) is 4. The average Bonchev–Trinajstić information content (AvgIpc) is 2.70. The van der Waals surface area contributed by atoms with Crippen LogP contribution in [0.1, 0.15) is 39.5 Å². The summed E-state index contributed by atoms with van der Waals surface area (Å²) < 4.78 is 0. The third-order valence-corrected chi connectivity index (χ3v) is 4.41. The van der Waals surface area contributed by atoms with Gasteiger partial charge >= 0.3 is 0 Å². The van der Waals surface area contributed by atoms with Crippen molar-refractivity contribution in [3.63, 3.8) is 0 Å². The molecule has 0 saturated carbocycles. The molecule has 0 aliphatic carbocycles. The molecule has 0 heterocycles. The third-order valence-electron chi connectivity index (χ3n) is 4.41. The van der Waals surface area contributed by atoms with Gasteiger partial charge in [-0.25, -0.2) is 0 Å². The molecule has 3 aromatic carbocycles. The lowest BCUT2D eigenvalue weighted by Gasteiger charge is -2.15. The first kappa shape index (κ1) is 18.4. The first-order chi connectivity index (χ1) is 13.1. The molecule has 0 saturated heterocycles. The highest BCUT2D eigenvalue weighted by Crippen LogP contribution is 2.19. The zero-order valence-corrected chi connectivity index (χ0v) is 15.4. The van der Waals surface area contributed by atoms with Gasteiger partial charge < -0.3 is 9.90 Å². The molecule has 4 nitrogen and oxygen atoms in total. The van der Waals surface area contributed by atoms with Crippen LogP contribution in [-0.2, 0) is 6.42 Å². The Balaban J connectivity index is 2.11. The van der Waals surface area contributed by atoms with Gasteiger partial charge in [0.15, 0.2) is 0 Å². The molecule has 0 bridgehead atoms. The van der Waals surface area contributed by atoms with Crippen LogP contribution in [0.4, 0.5) is 5.69 Å². The summed E-state index contributed by atoms with van der Waals surface area (Å²) in [4.78, 5) is 11.6. The summed E-state index contributed by atoms with van der Waals surface area (Å²) in [7, 11) is 0. The lowest BCUT2D eigenvalue weighted by Crippen LogP contribution is -2.25. The number of rotatable bonds is 6. The summed E-state index contributed by atoms with van der Waals surface area (Å²) >= 11 is 0. The third kappa shape index (κ3) is 4.23. The minimum atomic E-state index is -1.22. The topological polar surface area (TPSA) is 64.5 Å². The first-order valence-corrected chi connectivity index (χ1v) is 8.89. The van der Waals surface area contributed by atoms with Gasteiger partial charge in [0, 0.05) is 16.7 Å². The Bertz CT molecular complexity index is 976. The summed E-state index contributed by atoms with van der Waals surface area (Å²) in [5.74, 6) is -1.22. The number of anilines is 1. The number of nitrogens with zero attached hydrogens (tertiary/aromatic N) is 1. The van der Waals surface area contributed by atoms with Gasteiger partial charge in [-0.1, -0.05) is 79.2 Å². The molecule has 0 aromatic heterocycles. The second kappa shape index (κ2) is 8.32. The Morgan fingerprint density at radius 1 is 0.926 bits per heavy atom. The summed E-state index contributed by atoms with van der Waals surface area (Å²) in [6.45, 7) is 4.09. The number of hydrogen-bond donors (Lipinski definition) is 1. The van der Waals surface area contributed by atoms with E-state index < -0.39 is 5.97 Å². The van der Waals surface area contributed by atoms with E-state index in [2.05, 4.69) is 17.5 Å². The van der Waals surface area contributed by atoms with E-state index >= 15 is 0 Å². The molecule has 1 N–H and O–H groups in total. The maximum Gasteiger partial charge on any atom is 0.0984 e. The van der Waals surface area contributed by atoms with Gasteiger partial charge in [-0.15, -0.1) is 0 Å². The Morgan fingerprint density at radius 2 is 1.56 bits per heavy atom. The van der Waals surface area contributed by atoms with E-state index in [1.54, 1.807) is 18.2 Å². The van der Waals surface area contributed by atoms with Gasteiger partial charge in [-0.05, 0) is 25.0 Å². The molecule has 0 aliphatic rings. The Morgan fingerprint density at radius 3 is 2.22 bits per heavy atom. The Kier molecular flexibility index (Phi) is 5.67. The number of aromatic carboxylic acids is 1. The zero-order chi connectivity index (χ0) is 19.2. The van der Waals surface area contributed by atoms with Crippen LogP contribution < -0.4 is 10.5 Å². The van der Waals surface area contributed by atoms with Crippen molar-refractivity contribution in [3.8, 4) is 0 Å². The number of carbonyl (C=O) groups excluding carboxylic acids is 1. The molecular formula is C23H21N2O2-. The number of nitrogens with one attached hydrogen (secondary N) is 1. The van der Waals surface area contributed by atoms with E-state index in [1.807, 2.05) is 55.5 Å². The summed E-state index contributed by atoms with van der Waals surface area (Å²) in [5.41, 5.74) is 8.29. The van der Waals surface area contributed by atoms with Crippen molar-refractivity contribution in [1.29, 1.82) is 0 Å². The minimum Gasteiger partial charge on any atom is -0.545 e. The monoisotopic (exact) mass is 357 g/mol. The van der Waals surface area contributed by atoms with Gasteiger partial charge in [0.25, 0.3) is 0 Å². The molecule has 0 atom stereocenters. The van der Waals surface area contributed by atoms with Gasteiger partial charge in [0.1, 0.15) is 0 Å². The summed E-state index contributed by atoms with van der Waals surface area (Å²) in [6.07, 6.45) is 0.869. The highest BCUT2D eigenvalue weighted by molar-refractivity contribution is 6.17. The fourth-order valence-electron chi connectivity index (χ4n) is 2.91. The van der Waals surface area contributed by atoms with Crippen LogP contribution in [-0.4, -0.2) is 11.7 Å². The van der Waals surface area contributed by atoms with Crippen LogP contribution in [0.5, 0.6) is 0 Å². The number of carboxylic acids is 1. The van der Waals surface area contributed by atoms with Crippen LogP contribution in [0.25, 0.3) is 0 Å². The van der Waals surface area contributed by atoms with Gasteiger partial charge in [0.05, 0.1) is 17.4 Å². The molecule has 4 heteroatoms. The standard InChI is InChI=1S/C23H22N2O2/c1-3-17-8-4-7-11-21(17)24-25-22(18-14-12-16(2)13-15-18)19-9-5-6-10-20(19)23(26)27/h4-15,24H,3H2,1-2H3,(H,26,27)/p-1/b25-22-. The van der Waals surface area contributed by atoms with E-state index in [1.165, 1.54) is 6.07 Å². The fourth-order valence-corrected chi connectivity index (χ4v) is 2.91. The predicted octanol–water partition coefficient (Wildman–Crippen LogP) is 3.79. The maximum atomic E-state index is 11.6. The Labute approximate surface area is 159 Å². The van der Waals surface area contributed by atoms with Crippen molar-refractivity contribution >= 4 is 17.4 Å². The van der Waals surface area contributed by atoms with E-state index in [0.29, 0.717) is 11.3 Å². The number of aryl methyl sites for hydroxylation is 2. The maximum absolute atomic E-state index is 11.6. The van der Waals surface area contributed by atoms with E-state index in [0.717, 1.165) is 28.8 Å². The van der Waals surface area contributed by atoms with Crippen molar-refractivity contribution in [2.75, 3.05) is 5.43 Å². The van der Waals surface area contributed by atoms with Crippen molar-refractivity contribution in [1.82, 2.24) is 0 Å². The van der Waals surface area contributed by atoms with E-state index in [4.69, 9.17) is 0 Å². The molecule has 0 aliphatic heterocycles. The van der Waals surface area contributed by atoms with Crippen LogP contribution in [0, 0.1) is 6.92 Å². The normalized spacial score (nSPS) is 11.3. The van der Waals surface area contributed by atoms with Crippen LogP contribution in [0.3, 0.4) is 0 Å². The Hall–Kier alpha value is -3.40. The van der Waals surface area contributed by atoms with Crippen molar-refractivity contribution in [2.45, 2.75) is 20.3 Å².